The summed E-state index contributed by atoms with van der Waals surface area (Å²) in [4.78, 5) is 11.8. The van der Waals surface area contributed by atoms with E-state index in [1.807, 2.05) is 0 Å². The largest absolute Gasteiger partial charge is 0.540 e. The number of rotatable bonds is 4. The molecule has 0 bridgehead atoms. The molecule has 1 rings (SSSR count). The molecule has 1 saturated heterocycles. The standard InChI is InChI=1S/C10H18NO5.CH3.Y/c1-6-8(13)7(11(2)3)9(14)10(16-6)15-5-4-12;;/h6-10,13-14H,5H2,1-3H3;1H3;/q2*-1;/t6-,7+,8-,9+,10?;;/m1../s1. The van der Waals surface area contributed by atoms with E-state index in [0.29, 0.717) is 0 Å². The molecule has 0 aliphatic carbocycles. The molecule has 1 heterocycles. The van der Waals surface area contributed by atoms with E-state index in [-0.39, 0.29) is 46.7 Å². The summed E-state index contributed by atoms with van der Waals surface area (Å²) in [6.07, 6.45) is -1.61. The van der Waals surface area contributed by atoms with Gasteiger partial charge in [-0.05, 0) is 27.6 Å². The van der Waals surface area contributed by atoms with E-state index in [4.69, 9.17) is 9.47 Å². The average molecular weight is 336 g/mol. The molecule has 7 heteroatoms. The van der Waals surface area contributed by atoms with Gasteiger partial charge >= 0.3 is 0 Å². The topological polar surface area (TPSA) is 79.2 Å². The van der Waals surface area contributed by atoms with Crippen molar-refractivity contribution in [1.82, 2.24) is 4.90 Å². The Hall–Kier alpha value is 0.574. The first kappa shape index (κ1) is 20.9. The molecule has 1 fully saturated rings. The zero-order chi connectivity index (χ0) is 12.3. The van der Waals surface area contributed by atoms with Gasteiger partial charge in [0.25, 0.3) is 0 Å². The zero-order valence-electron chi connectivity index (χ0n) is 11.2. The molecule has 18 heavy (non-hydrogen) atoms. The minimum Gasteiger partial charge on any atom is -0.540 e. The van der Waals surface area contributed by atoms with Crippen molar-refractivity contribution in [2.24, 2.45) is 0 Å². The monoisotopic (exact) mass is 336 g/mol. The summed E-state index contributed by atoms with van der Waals surface area (Å²) in [5.41, 5.74) is 0. The minimum atomic E-state index is -1.01. The Morgan fingerprint density at radius 2 is 1.89 bits per heavy atom. The van der Waals surface area contributed by atoms with Crippen LogP contribution in [0, 0.1) is 7.43 Å². The van der Waals surface area contributed by atoms with Gasteiger partial charge in [-0.1, -0.05) is 0 Å². The zero-order valence-corrected chi connectivity index (χ0v) is 14.1. The fourth-order valence-electron chi connectivity index (χ4n) is 1.88. The van der Waals surface area contributed by atoms with Gasteiger partial charge in [0.15, 0.2) is 6.29 Å². The van der Waals surface area contributed by atoms with E-state index in [2.05, 4.69) is 0 Å². The maximum atomic E-state index is 10.1. The predicted molar refractivity (Wildman–Crippen MR) is 61.9 cm³/mol. The smallest absolute Gasteiger partial charge is 0.183 e. The molecule has 5 atom stereocenters. The van der Waals surface area contributed by atoms with Crippen molar-refractivity contribution < 1.29 is 57.2 Å². The fraction of sp³-hybridized carbons (Fsp3) is 0.818. The molecule has 0 spiro atoms. The third-order valence-corrected chi connectivity index (χ3v) is 2.71. The van der Waals surface area contributed by atoms with E-state index in [1.165, 1.54) is 0 Å². The van der Waals surface area contributed by atoms with Gasteiger partial charge in [-0.3, -0.25) is 0 Å². The van der Waals surface area contributed by atoms with Crippen LogP contribution in [-0.4, -0.2) is 72.7 Å². The number of hydrogen-bond acceptors (Lipinski definition) is 6. The van der Waals surface area contributed by atoms with E-state index < -0.39 is 30.6 Å². The molecule has 6 nitrogen and oxygen atoms in total. The third kappa shape index (κ3) is 4.92. The fourth-order valence-corrected chi connectivity index (χ4v) is 1.88. The second-order valence-electron chi connectivity index (χ2n) is 4.10. The SMILES string of the molecule is C[C@H]1OC(OC[C-]=O)[C@@H](O)[C@@H](N(C)C)[C@@H]1O.[CH3-].[Y]. The van der Waals surface area contributed by atoms with Crippen molar-refractivity contribution in [2.45, 2.75) is 37.6 Å². The van der Waals surface area contributed by atoms with Crippen molar-refractivity contribution in [2.75, 3.05) is 20.7 Å². The number of aliphatic hydroxyl groups is 2. The van der Waals surface area contributed by atoms with Crippen LogP contribution in [0.25, 0.3) is 0 Å². The van der Waals surface area contributed by atoms with Crippen LogP contribution in [0.1, 0.15) is 6.92 Å². The molecule has 0 aromatic rings. The summed E-state index contributed by atoms with van der Waals surface area (Å²) in [6, 6.07) is -0.486. The molecule has 0 aromatic heterocycles. The van der Waals surface area contributed by atoms with Gasteiger partial charge in [0, 0.05) is 32.7 Å². The van der Waals surface area contributed by atoms with Crippen LogP contribution in [0.5, 0.6) is 0 Å². The molecule has 105 valence electrons. The average Bonchev–Trinajstić information content (AvgIpc) is 2.21. The molecule has 1 aliphatic rings. The first-order chi connectivity index (χ1) is 7.49. The van der Waals surface area contributed by atoms with Crippen LogP contribution in [0.4, 0.5) is 0 Å². The van der Waals surface area contributed by atoms with E-state index in [9.17, 15) is 15.0 Å². The summed E-state index contributed by atoms with van der Waals surface area (Å²) in [7, 11) is 3.50. The van der Waals surface area contributed by atoms with Crippen LogP contribution in [0.2, 0.25) is 0 Å². The van der Waals surface area contributed by atoms with Gasteiger partial charge in [0.1, 0.15) is 6.10 Å². The van der Waals surface area contributed by atoms with E-state index in [1.54, 1.807) is 32.2 Å². The molecule has 1 aliphatic heterocycles. The summed E-state index contributed by atoms with van der Waals surface area (Å²) in [5.74, 6) is 0. The Balaban J connectivity index is 0. The first-order valence-corrected chi connectivity index (χ1v) is 5.13. The molecule has 1 radical (unpaired) electrons. The van der Waals surface area contributed by atoms with Crippen LogP contribution in [0.3, 0.4) is 0 Å². The second kappa shape index (κ2) is 9.47. The number of aliphatic hydroxyl groups excluding tert-OH is 2. The molecule has 0 amide bonds. The normalized spacial score (nSPS) is 35.6. The van der Waals surface area contributed by atoms with Gasteiger partial charge in [0.2, 0.25) is 0 Å². The van der Waals surface area contributed by atoms with E-state index >= 15 is 0 Å². The predicted octanol–water partition coefficient (Wildman–Crippen LogP) is -1.04. The van der Waals surface area contributed by atoms with Gasteiger partial charge in [-0.15, -0.1) is 0 Å². The maximum Gasteiger partial charge on any atom is 0.183 e. The molecule has 1 unspecified atom stereocenters. The van der Waals surface area contributed by atoms with Crippen molar-refractivity contribution in [1.29, 1.82) is 0 Å². The molecular formula is C11H21NO5Y-2. The number of ether oxygens (including phenoxy) is 2. The summed E-state index contributed by atoms with van der Waals surface area (Å²) >= 11 is 0. The van der Waals surface area contributed by atoms with Crippen LogP contribution >= 0.6 is 0 Å². The Kier molecular flexibility index (Phi) is 11.0. The first-order valence-electron chi connectivity index (χ1n) is 5.13. The second-order valence-corrected chi connectivity index (χ2v) is 4.10. The molecule has 0 saturated carbocycles. The molecule has 0 aromatic carbocycles. The van der Waals surface area contributed by atoms with Gasteiger partial charge in [-0.2, -0.15) is 0 Å². The summed E-state index contributed by atoms with van der Waals surface area (Å²) in [6.45, 7) is 1.43. The Morgan fingerprint density at radius 1 is 1.33 bits per heavy atom. The number of nitrogens with zero attached hydrogens (tertiary/aromatic N) is 1. The van der Waals surface area contributed by atoms with Crippen molar-refractivity contribution >= 4 is 6.29 Å². The van der Waals surface area contributed by atoms with Crippen molar-refractivity contribution in [3.05, 3.63) is 7.43 Å². The summed E-state index contributed by atoms with van der Waals surface area (Å²) in [5, 5.41) is 19.8. The minimum absolute atomic E-state index is 0. The Morgan fingerprint density at radius 3 is 2.33 bits per heavy atom. The number of likely N-dealkylation sites (N-methyl/N-ethyl adjacent to an activating group) is 1. The van der Waals surface area contributed by atoms with Gasteiger partial charge < -0.3 is 36.8 Å². The quantitative estimate of drug-likeness (QED) is 0.639. The number of carbonyl (C=O) groups excluding carboxylic acids is 1. The Bertz CT molecular complexity index is 241. The van der Waals surface area contributed by atoms with Crippen LogP contribution < -0.4 is 0 Å². The van der Waals surface area contributed by atoms with Crippen LogP contribution in [0.15, 0.2) is 0 Å². The Labute approximate surface area is 134 Å². The third-order valence-electron chi connectivity index (χ3n) is 2.71. The maximum absolute atomic E-state index is 10.1. The summed E-state index contributed by atoms with van der Waals surface area (Å²) < 4.78 is 10.3. The number of hydrogen-bond donors (Lipinski definition) is 2. The molecular weight excluding hydrogens is 315 g/mol. The van der Waals surface area contributed by atoms with E-state index in [0.717, 1.165) is 0 Å². The molecule has 2 N–H and O–H groups in total. The van der Waals surface area contributed by atoms with Crippen molar-refractivity contribution in [3.8, 4) is 0 Å². The van der Waals surface area contributed by atoms with Gasteiger partial charge in [-0.25, -0.2) is 6.29 Å². The van der Waals surface area contributed by atoms with Crippen LogP contribution in [-0.2, 0) is 47.0 Å². The van der Waals surface area contributed by atoms with Gasteiger partial charge in [0.05, 0.1) is 18.2 Å². The van der Waals surface area contributed by atoms with Crippen molar-refractivity contribution in [3.63, 3.8) is 0 Å².